The van der Waals surface area contributed by atoms with Gasteiger partial charge in [0.15, 0.2) is 0 Å². The van der Waals surface area contributed by atoms with Crippen LogP contribution in [0.15, 0.2) is 18.5 Å². The number of methoxy groups -OCH3 is 1. The van der Waals surface area contributed by atoms with Crippen molar-refractivity contribution in [1.82, 2.24) is 24.5 Å². The van der Waals surface area contributed by atoms with Gasteiger partial charge in [-0.05, 0) is 63.2 Å². The molecule has 1 amide bonds. The fourth-order valence-corrected chi connectivity index (χ4v) is 6.07. The molecule has 1 N–H and O–H groups in total. The molecule has 4 aromatic rings. The molecule has 33 heavy (non-hydrogen) atoms. The Bertz CT molecular complexity index is 1360. The second-order valence-electron chi connectivity index (χ2n) is 9.33. The van der Waals surface area contributed by atoms with Crippen LogP contribution in [0.5, 0.6) is 5.75 Å². The first-order chi connectivity index (χ1) is 15.8. The topological polar surface area (TPSA) is 93.1 Å². The number of nitrogens with zero attached hydrogens (tertiary/aromatic N) is 5. The molecule has 0 spiro atoms. The predicted molar refractivity (Wildman–Crippen MR) is 133 cm³/mol. The summed E-state index contributed by atoms with van der Waals surface area (Å²) < 4.78 is 10.6. The monoisotopic (exact) mass is 482 g/mol. The normalized spacial score (nSPS) is 16.1. The largest absolute Gasteiger partial charge is 0.494 e. The molecule has 0 saturated heterocycles. The molecular formula is C23H26N6O2S2. The summed E-state index contributed by atoms with van der Waals surface area (Å²) in [6, 6.07) is 3.87. The van der Waals surface area contributed by atoms with Gasteiger partial charge in [0.25, 0.3) is 0 Å². The number of anilines is 2. The molecule has 8 nitrogen and oxygen atoms in total. The van der Waals surface area contributed by atoms with Crippen LogP contribution in [0, 0.1) is 5.92 Å². The number of aryl methyl sites for hydroxylation is 1. The van der Waals surface area contributed by atoms with Gasteiger partial charge in [0, 0.05) is 29.4 Å². The van der Waals surface area contributed by atoms with Crippen LogP contribution in [-0.4, -0.2) is 50.1 Å². The second-order valence-corrected chi connectivity index (χ2v) is 11.2. The van der Waals surface area contributed by atoms with Crippen LogP contribution < -0.4 is 10.1 Å². The molecule has 3 heterocycles. The van der Waals surface area contributed by atoms with E-state index in [1.807, 2.05) is 24.1 Å². The van der Waals surface area contributed by atoms with Gasteiger partial charge in [0.2, 0.25) is 5.91 Å². The van der Waals surface area contributed by atoms with Crippen molar-refractivity contribution < 1.29 is 9.53 Å². The standard InChI is InChI=1S/C23H26N6O2S2/c1-23(2,3)29(4)22(30)12-6-7-13-17(8-12)32-21-19(13)20(24-11-25-21)26-14-10-18-15(27-28-33-18)9-16(14)31-5/h9-12H,6-8H2,1-5H3,(H,24,25,26). The summed E-state index contributed by atoms with van der Waals surface area (Å²) in [6.45, 7) is 6.21. The number of benzene rings is 1. The summed E-state index contributed by atoms with van der Waals surface area (Å²) >= 11 is 3.01. The van der Waals surface area contributed by atoms with E-state index in [4.69, 9.17) is 4.74 Å². The number of carbonyl (C=O) groups excluding carboxylic acids is 1. The molecule has 172 valence electrons. The van der Waals surface area contributed by atoms with Gasteiger partial charge < -0.3 is 15.0 Å². The molecular weight excluding hydrogens is 456 g/mol. The van der Waals surface area contributed by atoms with Crippen LogP contribution >= 0.6 is 22.9 Å². The molecule has 1 aliphatic carbocycles. The van der Waals surface area contributed by atoms with E-state index < -0.39 is 0 Å². The van der Waals surface area contributed by atoms with E-state index >= 15 is 0 Å². The highest BCUT2D eigenvalue weighted by molar-refractivity contribution is 7.19. The maximum atomic E-state index is 13.1. The molecule has 1 unspecified atom stereocenters. The fraction of sp³-hybridized carbons (Fsp3) is 0.435. The number of ether oxygens (including phenoxy) is 1. The van der Waals surface area contributed by atoms with Gasteiger partial charge >= 0.3 is 0 Å². The molecule has 3 aromatic heterocycles. The van der Waals surface area contributed by atoms with E-state index in [1.165, 1.54) is 22.0 Å². The maximum Gasteiger partial charge on any atom is 0.226 e. The summed E-state index contributed by atoms with van der Waals surface area (Å²) in [6.07, 6.45) is 3.99. The van der Waals surface area contributed by atoms with Gasteiger partial charge in [-0.3, -0.25) is 4.79 Å². The molecule has 0 bridgehead atoms. The summed E-state index contributed by atoms with van der Waals surface area (Å²) in [5, 5.41) is 8.63. The van der Waals surface area contributed by atoms with E-state index in [1.54, 1.807) is 24.8 Å². The van der Waals surface area contributed by atoms with Crippen molar-refractivity contribution in [1.29, 1.82) is 0 Å². The Morgan fingerprint density at radius 3 is 2.85 bits per heavy atom. The number of thiophene rings is 1. The number of aromatic nitrogens is 4. The lowest BCUT2D eigenvalue weighted by Crippen LogP contribution is -2.46. The van der Waals surface area contributed by atoms with E-state index in [9.17, 15) is 4.79 Å². The summed E-state index contributed by atoms with van der Waals surface area (Å²) in [5.74, 6) is 1.65. The molecule has 1 atom stereocenters. The fourth-order valence-electron chi connectivity index (χ4n) is 4.22. The number of hydrogen-bond acceptors (Lipinski definition) is 9. The lowest BCUT2D eigenvalue weighted by molar-refractivity contribution is -0.138. The van der Waals surface area contributed by atoms with E-state index in [2.05, 4.69) is 45.6 Å². The molecule has 1 aromatic carbocycles. The SMILES string of the molecule is COc1cc2nnsc2cc1Nc1ncnc2sc3c(c12)CCC(C(=O)N(C)C(C)(C)C)C3. The third kappa shape index (κ3) is 3.91. The zero-order valence-electron chi connectivity index (χ0n) is 19.3. The molecule has 0 aliphatic heterocycles. The van der Waals surface area contributed by atoms with E-state index in [0.29, 0.717) is 5.75 Å². The lowest BCUT2D eigenvalue weighted by atomic mass is 9.86. The average Bonchev–Trinajstić information content (AvgIpc) is 3.40. The lowest BCUT2D eigenvalue weighted by Gasteiger charge is -2.35. The van der Waals surface area contributed by atoms with Gasteiger partial charge in [-0.15, -0.1) is 16.4 Å². The minimum absolute atomic E-state index is 0.000449. The smallest absolute Gasteiger partial charge is 0.226 e. The van der Waals surface area contributed by atoms with Crippen LogP contribution in [-0.2, 0) is 17.6 Å². The van der Waals surface area contributed by atoms with Crippen LogP contribution in [0.4, 0.5) is 11.5 Å². The number of hydrogen-bond donors (Lipinski definition) is 1. The van der Waals surface area contributed by atoms with Gasteiger partial charge in [-0.25, -0.2) is 9.97 Å². The van der Waals surface area contributed by atoms with Crippen molar-refractivity contribution in [2.24, 2.45) is 5.92 Å². The Morgan fingerprint density at radius 2 is 2.09 bits per heavy atom. The molecule has 10 heteroatoms. The minimum atomic E-state index is -0.187. The molecule has 1 aliphatic rings. The number of fused-ring (bicyclic) bond motifs is 4. The summed E-state index contributed by atoms with van der Waals surface area (Å²) in [4.78, 5) is 26.3. The Kier molecular flexibility index (Phi) is 5.44. The Hall–Kier alpha value is -2.85. The van der Waals surface area contributed by atoms with Crippen molar-refractivity contribution in [3.05, 3.63) is 28.9 Å². The van der Waals surface area contributed by atoms with E-state index in [-0.39, 0.29) is 17.4 Å². The highest BCUT2D eigenvalue weighted by Gasteiger charge is 2.33. The van der Waals surface area contributed by atoms with E-state index in [0.717, 1.165) is 51.2 Å². The summed E-state index contributed by atoms with van der Waals surface area (Å²) in [5.41, 5.74) is 2.68. The predicted octanol–water partition coefficient (Wildman–Crippen LogP) is 4.81. The first kappa shape index (κ1) is 22.0. The number of rotatable bonds is 4. The van der Waals surface area contributed by atoms with Gasteiger partial charge in [0.1, 0.15) is 28.2 Å². The Balaban J connectivity index is 1.49. The van der Waals surface area contributed by atoms with Crippen molar-refractivity contribution in [2.45, 2.75) is 45.6 Å². The first-order valence-corrected chi connectivity index (χ1v) is 12.4. The molecule has 0 radical (unpaired) electrons. The average molecular weight is 483 g/mol. The molecule has 0 saturated carbocycles. The number of nitrogens with one attached hydrogen (secondary N) is 1. The molecule has 5 rings (SSSR count). The second kappa shape index (κ2) is 8.18. The zero-order chi connectivity index (χ0) is 23.3. The van der Waals surface area contributed by atoms with Gasteiger partial charge in [0.05, 0.1) is 22.9 Å². The quantitative estimate of drug-likeness (QED) is 0.446. The summed E-state index contributed by atoms with van der Waals surface area (Å²) in [7, 11) is 3.54. The van der Waals surface area contributed by atoms with Crippen LogP contribution in [0.3, 0.4) is 0 Å². The molecule has 0 fully saturated rings. The van der Waals surface area contributed by atoms with Crippen molar-refractivity contribution in [3.63, 3.8) is 0 Å². The number of carbonyl (C=O) groups is 1. The zero-order valence-corrected chi connectivity index (χ0v) is 20.9. The first-order valence-electron chi connectivity index (χ1n) is 10.9. The number of amides is 1. The van der Waals surface area contributed by atoms with Gasteiger partial charge in [-0.1, -0.05) is 4.49 Å². The van der Waals surface area contributed by atoms with Crippen LogP contribution in [0.25, 0.3) is 20.4 Å². The van der Waals surface area contributed by atoms with Crippen molar-refractivity contribution in [3.8, 4) is 5.75 Å². The minimum Gasteiger partial charge on any atom is -0.494 e. The Labute approximate surface area is 200 Å². The maximum absolute atomic E-state index is 13.1. The third-order valence-corrected chi connectivity index (χ3v) is 8.20. The van der Waals surface area contributed by atoms with Crippen LogP contribution in [0.2, 0.25) is 0 Å². The Morgan fingerprint density at radius 1 is 1.27 bits per heavy atom. The van der Waals surface area contributed by atoms with Crippen molar-refractivity contribution in [2.75, 3.05) is 19.5 Å². The highest BCUT2D eigenvalue weighted by Crippen LogP contribution is 2.42. The van der Waals surface area contributed by atoms with Crippen LogP contribution in [0.1, 0.15) is 37.6 Å². The van der Waals surface area contributed by atoms with Crippen molar-refractivity contribution >= 4 is 60.7 Å². The van der Waals surface area contributed by atoms with Gasteiger partial charge in [-0.2, -0.15) is 0 Å². The highest BCUT2D eigenvalue weighted by atomic mass is 32.1. The third-order valence-electron chi connectivity index (χ3n) is 6.35.